The van der Waals surface area contributed by atoms with Crippen LogP contribution in [0.2, 0.25) is 0 Å². The Morgan fingerprint density at radius 3 is 2.96 bits per heavy atom. The summed E-state index contributed by atoms with van der Waals surface area (Å²) in [5.41, 5.74) is 0.991. The Kier molecular flexibility index (Phi) is 7.79. The highest BCUT2D eigenvalue weighted by Gasteiger charge is 2.29. The third-order valence-corrected chi connectivity index (χ3v) is 4.45. The van der Waals surface area contributed by atoms with E-state index in [4.69, 9.17) is 4.74 Å². The van der Waals surface area contributed by atoms with E-state index >= 15 is 0 Å². The molecule has 1 aromatic rings. The Morgan fingerprint density at radius 1 is 1.46 bits per heavy atom. The summed E-state index contributed by atoms with van der Waals surface area (Å²) in [5, 5.41) is 12.7. The van der Waals surface area contributed by atoms with Crippen LogP contribution >= 0.6 is 0 Å². The van der Waals surface area contributed by atoms with Crippen LogP contribution in [0.25, 0.3) is 0 Å². The van der Waals surface area contributed by atoms with Gasteiger partial charge in [-0.15, -0.1) is 6.58 Å². The van der Waals surface area contributed by atoms with Crippen LogP contribution in [0, 0.1) is 5.92 Å². The summed E-state index contributed by atoms with van der Waals surface area (Å²) in [7, 11) is 0. The number of piperidine rings is 1. The Balaban J connectivity index is 1.86. The van der Waals surface area contributed by atoms with Gasteiger partial charge in [0.25, 0.3) is 0 Å². The monoisotopic (exact) mass is 332 g/mol. The highest BCUT2D eigenvalue weighted by molar-refractivity contribution is 5.67. The zero-order valence-corrected chi connectivity index (χ0v) is 14.2. The minimum atomic E-state index is -0.255. The third-order valence-electron chi connectivity index (χ3n) is 4.45. The third kappa shape index (κ3) is 5.65. The van der Waals surface area contributed by atoms with Gasteiger partial charge in [0.05, 0.1) is 0 Å². The predicted molar refractivity (Wildman–Crippen MR) is 94.6 cm³/mol. The largest absolute Gasteiger partial charge is 0.445 e. The predicted octanol–water partition coefficient (Wildman–Crippen LogP) is 2.56. The number of carbonyl (C=O) groups is 1. The summed E-state index contributed by atoms with van der Waals surface area (Å²) in [5.74, 6) is 0.329. The second-order valence-electron chi connectivity index (χ2n) is 6.20. The van der Waals surface area contributed by atoms with Gasteiger partial charge in [-0.05, 0) is 30.7 Å². The van der Waals surface area contributed by atoms with Gasteiger partial charge in [0.2, 0.25) is 0 Å². The van der Waals surface area contributed by atoms with E-state index in [9.17, 15) is 9.90 Å². The first kappa shape index (κ1) is 18.5. The van der Waals surface area contributed by atoms with Crippen molar-refractivity contribution in [3.8, 4) is 0 Å². The van der Waals surface area contributed by atoms with Gasteiger partial charge in [0.1, 0.15) is 6.61 Å². The molecule has 1 saturated heterocycles. The molecular weight excluding hydrogens is 304 g/mol. The normalized spacial score (nSPS) is 18.9. The number of likely N-dealkylation sites (tertiary alicyclic amines) is 1. The van der Waals surface area contributed by atoms with E-state index in [1.54, 1.807) is 4.90 Å². The number of rotatable bonds is 8. The molecular formula is C19H28N2O3. The van der Waals surface area contributed by atoms with Gasteiger partial charge in [0, 0.05) is 32.3 Å². The number of hydrogen-bond acceptors (Lipinski definition) is 4. The maximum atomic E-state index is 12.3. The molecule has 0 bridgehead atoms. The smallest absolute Gasteiger partial charge is 0.410 e. The highest BCUT2D eigenvalue weighted by atomic mass is 16.6. The molecule has 2 unspecified atom stereocenters. The van der Waals surface area contributed by atoms with Crippen molar-refractivity contribution in [1.29, 1.82) is 0 Å². The maximum Gasteiger partial charge on any atom is 0.410 e. The number of amides is 1. The van der Waals surface area contributed by atoms with Crippen molar-refractivity contribution in [3.05, 3.63) is 48.6 Å². The van der Waals surface area contributed by atoms with Crippen molar-refractivity contribution in [1.82, 2.24) is 10.2 Å². The lowest BCUT2D eigenvalue weighted by atomic mass is 9.89. The van der Waals surface area contributed by atoms with Crippen LogP contribution in [0.4, 0.5) is 4.79 Å². The number of aliphatic hydroxyl groups excluding tert-OH is 1. The molecule has 1 aliphatic rings. The number of aliphatic hydroxyl groups is 1. The molecule has 0 aliphatic carbocycles. The van der Waals surface area contributed by atoms with E-state index in [0.717, 1.165) is 24.9 Å². The molecule has 0 spiro atoms. The standard InChI is InChI=1S/C19H28N2O3/c1-2-11-20-18(10-13-22)17-9-6-12-21(14-17)19(23)24-15-16-7-4-3-5-8-16/h2-5,7-8,17-18,20,22H,1,6,9-15H2. The summed E-state index contributed by atoms with van der Waals surface area (Å²) in [4.78, 5) is 14.1. The van der Waals surface area contributed by atoms with Crippen LogP contribution < -0.4 is 5.32 Å². The molecule has 0 aromatic heterocycles. The molecule has 24 heavy (non-hydrogen) atoms. The van der Waals surface area contributed by atoms with E-state index in [-0.39, 0.29) is 18.7 Å². The zero-order chi connectivity index (χ0) is 17.2. The van der Waals surface area contributed by atoms with Crippen LogP contribution in [-0.4, -0.2) is 48.4 Å². The average Bonchev–Trinajstić information content (AvgIpc) is 2.64. The number of nitrogens with zero attached hydrogens (tertiary/aromatic N) is 1. The summed E-state index contributed by atoms with van der Waals surface area (Å²) >= 11 is 0. The second-order valence-corrected chi connectivity index (χ2v) is 6.20. The van der Waals surface area contributed by atoms with Gasteiger partial charge < -0.3 is 20.1 Å². The molecule has 1 heterocycles. The average molecular weight is 332 g/mol. The summed E-state index contributed by atoms with van der Waals surface area (Å²) in [6.45, 7) is 6.28. The molecule has 2 rings (SSSR count). The first-order valence-corrected chi connectivity index (χ1v) is 8.65. The fraction of sp³-hybridized carbons (Fsp3) is 0.526. The Bertz CT molecular complexity index is 507. The minimum Gasteiger partial charge on any atom is -0.445 e. The van der Waals surface area contributed by atoms with Gasteiger partial charge in [0.15, 0.2) is 0 Å². The summed E-state index contributed by atoms with van der Waals surface area (Å²) in [6, 6.07) is 9.90. The Morgan fingerprint density at radius 2 is 2.25 bits per heavy atom. The lowest BCUT2D eigenvalue weighted by Gasteiger charge is -2.36. The molecule has 1 amide bonds. The van der Waals surface area contributed by atoms with Crippen molar-refractivity contribution in [2.45, 2.75) is 31.9 Å². The quantitative estimate of drug-likeness (QED) is 0.718. The molecule has 1 aromatic carbocycles. The molecule has 5 heteroatoms. The fourth-order valence-corrected chi connectivity index (χ4v) is 3.19. The summed E-state index contributed by atoms with van der Waals surface area (Å²) < 4.78 is 5.44. The molecule has 132 valence electrons. The zero-order valence-electron chi connectivity index (χ0n) is 14.2. The lowest BCUT2D eigenvalue weighted by Crippen LogP contribution is -2.48. The SMILES string of the molecule is C=CCNC(CCO)C1CCCN(C(=O)OCc2ccccc2)C1. The van der Waals surface area contributed by atoms with Crippen molar-refractivity contribution >= 4 is 6.09 Å². The molecule has 1 fully saturated rings. The van der Waals surface area contributed by atoms with Gasteiger partial charge >= 0.3 is 6.09 Å². The number of hydrogen-bond donors (Lipinski definition) is 2. The number of nitrogens with one attached hydrogen (secondary N) is 1. The molecule has 2 N–H and O–H groups in total. The van der Waals surface area contributed by atoms with Gasteiger partial charge in [-0.3, -0.25) is 0 Å². The second kappa shape index (κ2) is 10.1. The van der Waals surface area contributed by atoms with Crippen molar-refractivity contribution < 1.29 is 14.6 Å². The molecule has 0 radical (unpaired) electrons. The number of carbonyl (C=O) groups excluding carboxylic acids is 1. The minimum absolute atomic E-state index is 0.143. The highest BCUT2D eigenvalue weighted by Crippen LogP contribution is 2.22. The molecule has 1 aliphatic heterocycles. The van der Waals surface area contributed by atoms with E-state index < -0.39 is 0 Å². The van der Waals surface area contributed by atoms with Crippen LogP contribution in [0.5, 0.6) is 0 Å². The van der Waals surface area contributed by atoms with Crippen LogP contribution in [0.1, 0.15) is 24.8 Å². The van der Waals surface area contributed by atoms with Crippen LogP contribution in [0.3, 0.4) is 0 Å². The van der Waals surface area contributed by atoms with E-state index in [0.29, 0.717) is 32.0 Å². The van der Waals surface area contributed by atoms with Crippen molar-refractivity contribution in [2.75, 3.05) is 26.2 Å². The Hall–Kier alpha value is -1.85. The van der Waals surface area contributed by atoms with Gasteiger partial charge in [-0.1, -0.05) is 36.4 Å². The first-order chi connectivity index (χ1) is 11.7. The number of benzene rings is 1. The van der Waals surface area contributed by atoms with Crippen LogP contribution in [0.15, 0.2) is 43.0 Å². The van der Waals surface area contributed by atoms with Crippen molar-refractivity contribution in [3.63, 3.8) is 0 Å². The van der Waals surface area contributed by atoms with E-state index in [1.165, 1.54) is 0 Å². The molecule has 0 saturated carbocycles. The summed E-state index contributed by atoms with van der Waals surface area (Å²) in [6.07, 6.45) is 4.26. The maximum absolute atomic E-state index is 12.3. The van der Waals surface area contributed by atoms with Gasteiger partial charge in [-0.25, -0.2) is 4.79 Å². The van der Waals surface area contributed by atoms with Gasteiger partial charge in [-0.2, -0.15) is 0 Å². The first-order valence-electron chi connectivity index (χ1n) is 8.65. The van der Waals surface area contributed by atoms with Crippen molar-refractivity contribution in [2.24, 2.45) is 5.92 Å². The molecule has 5 nitrogen and oxygen atoms in total. The van der Waals surface area contributed by atoms with Crippen LogP contribution in [-0.2, 0) is 11.3 Å². The Labute approximate surface area is 144 Å². The lowest BCUT2D eigenvalue weighted by molar-refractivity contribution is 0.0716. The topological polar surface area (TPSA) is 61.8 Å². The van der Waals surface area contributed by atoms with E-state index in [1.807, 2.05) is 36.4 Å². The molecule has 2 atom stereocenters. The van der Waals surface area contributed by atoms with E-state index in [2.05, 4.69) is 11.9 Å². The number of ether oxygens (including phenoxy) is 1. The fourth-order valence-electron chi connectivity index (χ4n) is 3.19.